The summed E-state index contributed by atoms with van der Waals surface area (Å²) in [6.45, 7) is 5.23. The summed E-state index contributed by atoms with van der Waals surface area (Å²) in [6.07, 6.45) is 0.332. The predicted octanol–water partition coefficient (Wildman–Crippen LogP) is 5.19. The van der Waals surface area contributed by atoms with E-state index in [1.165, 1.54) is 17.8 Å². The van der Waals surface area contributed by atoms with E-state index in [4.69, 9.17) is 11.6 Å². The maximum atomic E-state index is 14.3. The lowest BCUT2D eigenvalue weighted by Gasteiger charge is -2.13. The number of aromatic nitrogens is 3. The number of hydrogen-bond donors (Lipinski definition) is 1. The lowest BCUT2D eigenvalue weighted by molar-refractivity contribution is -0.120. The number of carbonyl (C=O) groups is 1. The molecule has 158 valence electrons. The molecule has 0 aliphatic heterocycles. The van der Waals surface area contributed by atoms with E-state index in [-0.39, 0.29) is 11.7 Å². The standard InChI is InChI=1S/C22H24ClFN4OS/c1-15(2)14-28-21(17-8-4-6-10-19(17)24)26-27-22(28)30-12-11-20(29)25-13-16-7-3-5-9-18(16)23/h3-10,15H,11-14H2,1-2H3,(H,25,29). The molecule has 0 aliphatic carbocycles. The maximum Gasteiger partial charge on any atom is 0.221 e. The average molecular weight is 447 g/mol. The molecule has 0 fully saturated rings. The smallest absolute Gasteiger partial charge is 0.221 e. The first-order valence-electron chi connectivity index (χ1n) is 9.76. The second-order valence-corrected chi connectivity index (χ2v) is 8.73. The molecule has 0 saturated carbocycles. The molecule has 0 atom stereocenters. The van der Waals surface area contributed by atoms with Gasteiger partial charge in [-0.25, -0.2) is 4.39 Å². The minimum atomic E-state index is -0.328. The van der Waals surface area contributed by atoms with Crippen molar-refractivity contribution in [2.45, 2.75) is 38.5 Å². The fourth-order valence-electron chi connectivity index (χ4n) is 2.93. The molecule has 0 radical (unpaired) electrons. The van der Waals surface area contributed by atoms with E-state index in [0.29, 0.717) is 52.7 Å². The molecule has 3 aromatic rings. The summed E-state index contributed by atoms with van der Waals surface area (Å²) in [7, 11) is 0. The van der Waals surface area contributed by atoms with Crippen LogP contribution in [-0.4, -0.2) is 26.4 Å². The molecule has 0 saturated heterocycles. The Morgan fingerprint density at radius 2 is 1.90 bits per heavy atom. The van der Waals surface area contributed by atoms with E-state index < -0.39 is 0 Å². The highest BCUT2D eigenvalue weighted by Gasteiger charge is 2.18. The molecule has 8 heteroatoms. The second kappa shape index (κ2) is 10.6. The molecule has 1 N–H and O–H groups in total. The van der Waals surface area contributed by atoms with Gasteiger partial charge in [-0.05, 0) is 29.7 Å². The minimum Gasteiger partial charge on any atom is -0.352 e. The second-order valence-electron chi connectivity index (χ2n) is 7.26. The molecule has 3 rings (SSSR count). The number of hydrogen-bond acceptors (Lipinski definition) is 4. The highest BCUT2D eigenvalue weighted by atomic mass is 35.5. The van der Waals surface area contributed by atoms with Crippen molar-refractivity contribution in [1.82, 2.24) is 20.1 Å². The van der Waals surface area contributed by atoms with Crippen molar-refractivity contribution in [1.29, 1.82) is 0 Å². The van der Waals surface area contributed by atoms with Crippen molar-refractivity contribution >= 4 is 29.3 Å². The Labute approximate surface area is 185 Å². The van der Waals surface area contributed by atoms with Crippen LogP contribution in [0, 0.1) is 11.7 Å². The van der Waals surface area contributed by atoms with Gasteiger partial charge in [0.15, 0.2) is 11.0 Å². The third kappa shape index (κ3) is 5.83. The van der Waals surface area contributed by atoms with Gasteiger partial charge in [0.25, 0.3) is 0 Å². The highest BCUT2D eigenvalue weighted by Crippen LogP contribution is 2.27. The van der Waals surface area contributed by atoms with Crippen LogP contribution in [0.3, 0.4) is 0 Å². The van der Waals surface area contributed by atoms with Gasteiger partial charge in [0.2, 0.25) is 5.91 Å². The van der Waals surface area contributed by atoms with E-state index >= 15 is 0 Å². The molecule has 5 nitrogen and oxygen atoms in total. The number of rotatable bonds is 9. The van der Waals surface area contributed by atoms with Crippen LogP contribution < -0.4 is 5.32 Å². The van der Waals surface area contributed by atoms with E-state index in [1.807, 2.05) is 22.8 Å². The predicted molar refractivity (Wildman–Crippen MR) is 119 cm³/mol. The number of carbonyl (C=O) groups excluding carboxylic acids is 1. The van der Waals surface area contributed by atoms with Crippen LogP contribution in [0.5, 0.6) is 0 Å². The van der Waals surface area contributed by atoms with E-state index in [0.717, 1.165) is 5.56 Å². The van der Waals surface area contributed by atoms with Gasteiger partial charge in [0.05, 0.1) is 5.56 Å². The van der Waals surface area contributed by atoms with E-state index in [2.05, 4.69) is 29.4 Å². The van der Waals surface area contributed by atoms with Crippen LogP contribution >= 0.6 is 23.4 Å². The summed E-state index contributed by atoms with van der Waals surface area (Å²) < 4.78 is 16.2. The number of nitrogens with zero attached hydrogens (tertiary/aromatic N) is 3. The Kier molecular flexibility index (Phi) is 7.87. The van der Waals surface area contributed by atoms with Crippen molar-refractivity contribution in [3.63, 3.8) is 0 Å². The summed E-state index contributed by atoms with van der Waals surface area (Å²) in [6, 6.07) is 14.0. The average Bonchev–Trinajstić information content (AvgIpc) is 3.09. The van der Waals surface area contributed by atoms with Crippen LogP contribution in [0.15, 0.2) is 53.7 Å². The van der Waals surface area contributed by atoms with Crippen molar-refractivity contribution in [2.24, 2.45) is 5.92 Å². The third-order valence-corrected chi connectivity index (χ3v) is 5.71. The summed E-state index contributed by atoms with van der Waals surface area (Å²) in [4.78, 5) is 12.2. The molecule has 1 heterocycles. The Balaban J connectivity index is 1.61. The monoisotopic (exact) mass is 446 g/mol. The fourth-order valence-corrected chi connectivity index (χ4v) is 4.01. The minimum absolute atomic E-state index is 0.0633. The molecule has 0 aliphatic rings. The number of amides is 1. The molecule has 1 amide bonds. The van der Waals surface area contributed by atoms with Gasteiger partial charge in [-0.15, -0.1) is 10.2 Å². The van der Waals surface area contributed by atoms with Gasteiger partial charge >= 0.3 is 0 Å². The Morgan fingerprint density at radius 3 is 2.63 bits per heavy atom. The molecule has 0 spiro atoms. The lowest BCUT2D eigenvalue weighted by atomic mass is 10.2. The Hall–Kier alpha value is -2.38. The molecule has 0 unspecified atom stereocenters. The summed E-state index contributed by atoms with van der Waals surface area (Å²) >= 11 is 7.56. The molecular weight excluding hydrogens is 423 g/mol. The maximum absolute atomic E-state index is 14.3. The van der Waals surface area contributed by atoms with E-state index in [9.17, 15) is 9.18 Å². The zero-order valence-corrected chi connectivity index (χ0v) is 18.5. The molecule has 0 bridgehead atoms. The molecule has 2 aromatic carbocycles. The van der Waals surface area contributed by atoms with Crippen molar-refractivity contribution in [3.05, 3.63) is 64.9 Å². The normalized spacial score (nSPS) is 11.1. The Morgan fingerprint density at radius 1 is 1.17 bits per heavy atom. The molecular formula is C22H24ClFN4OS. The van der Waals surface area contributed by atoms with Gasteiger partial charge < -0.3 is 9.88 Å². The third-order valence-electron chi connectivity index (χ3n) is 4.37. The molecule has 1 aromatic heterocycles. The first kappa shape index (κ1) is 22.3. The number of nitrogens with one attached hydrogen (secondary N) is 1. The lowest BCUT2D eigenvalue weighted by Crippen LogP contribution is -2.23. The van der Waals surface area contributed by atoms with Crippen LogP contribution in [0.2, 0.25) is 5.02 Å². The quantitative estimate of drug-likeness (QED) is 0.459. The van der Waals surface area contributed by atoms with E-state index in [1.54, 1.807) is 24.3 Å². The highest BCUT2D eigenvalue weighted by molar-refractivity contribution is 7.99. The van der Waals surface area contributed by atoms with Gasteiger partial charge in [0.1, 0.15) is 5.82 Å². The van der Waals surface area contributed by atoms with Crippen LogP contribution in [-0.2, 0) is 17.9 Å². The van der Waals surface area contributed by atoms with Crippen LogP contribution in [0.25, 0.3) is 11.4 Å². The topological polar surface area (TPSA) is 59.8 Å². The van der Waals surface area contributed by atoms with Crippen LogP contribution in [0.4, 0.5) is 4.39 Å². The summed E-state index contributed by atoms with van der Waals surface area (Å²) in [5, 5.41) is 12.7. The first-order chi connectivity index (χ1) is 14.5. The SMILES string of the molecule is CC(C)Cn1c(SCCC(=O)NCc2ccccc2Cl)nnc1-c1ccccc1F. The van der Waals surface area contributed by atoms with Gasteiger partial charge in [0, 0.05) is 30.3 Å². The number of thioether (sulfide) groups is 1. The van der Waals surface area contributed by atoms with Crippen molar-refractivity contribution < 1.29 is 9.18 Å². The fraction of sp³-hybridized carbons (Fsp3) is 0.318. The molecule has 30 heavy (non-hydrogen) atoms. The first-order valence-corrected chi connectivity index (χ1v) is 11.1. The zero-order valence-electron chi connectivity index (χ0n) is 16.9. The Bertz CT molecular complexity index is 1010. The number of halogens is 2. The van der Waals surface area contributed by atoms with Crippen LogP contribution in [0.1, 0.15) is 25.8 Å². The number of benzene rings is 2. The van der Waals surface area contributed by atoms with Gasteiger partial charge in [-0.2, -0.15) is 0 Å². The van der Waals surface area contributed by atoms with Gasteiger partial charge in [-0.3, -0.25) is 4.79 Å². The van der Waals surface area contributed by atoms with Gasteiger partial charge in [-0.1, -0.05) is 67.5 Å². The van der Waals surface area contributed by atoms with Crippen molar-refractivity contribution in [2.75, 3.05) is 5.75 Å². The zero-order chi connectivity index (χ0) is 21.5. The summed E-state index contributed by atoms with van der Waals surface area (Å²) in [5.74, 6) is 0.997. The largest absolute Gasteiger partial charge is 0.352 e. The van der Waals surface area contributed by atoms with Crippen molar-refractivity contribution in [3.8, 4) is 11.4 Å². The summed E-state index contributed by atoms with van der Waals surface area (Å²) in [5.41, 5.74) is 1.31.